The molecule has 0 spiro atoms. The largest absolute Gasteiger partial charge is 0.340 e. The van der Waals surface area contributed by atoms with Gasteiger partial charge in [0, 0.05) is 0 Å². The summed E-state index contributed by atoms with van der Waals surface area (Å²) in [5.74, 6) is 2.75. The lowest BCUT2D eigenvalue weighted by atomic mass is 9.48. The Labute approximate surface area is 102 Å². The minimum Gasteiger partial charge on any atom is -0.318 e. The zero-order valence-corrected chi connectivity index (χ0v) is 10.2. The van der Waals surface area contributed by atoms with E-state index in [0.717, 1.165) is 29.9 Å². The highest BCUT2D eigenvalue weighted by molar-refractivity contribution is 6.02. The minimum absolute atomic E-state index is 0.162. The van der Waals surface area contributed by atoms with E-state index in [0.29, 0.717) is 11.8 Å². The van der Waals surface area contributed by atoms with Gasteiger partial charge < -0.3 is 4.84 Å². The first-order chi connectivity index (χ1) is 8.21. The molecule has 0 aromatic heterocycles. The van der Waals surface area contributed by atoms with E-state index in [1.165, 1.54) is 38.5 Å². The summed E-state index contributed by atoms with van der Waals surface area (Å²) in [5.41, 5.74) is 1.50. The van der Waals surface area contributed by atoms with Crippen molar-refractivity contribution in [2.24, 2.45) is 28.3 Å². The second-order valence-corrected chi connectivity index (χ2v) is 6.89. The lowest BCUT2D eigenvalue weighted by molar-refractivity contribution is -0.140. The van der Waals surface area contributed by atoms with Crippen LogP contribution in [0.25, 0.3) is 0 Å². The molecule has 0 aromatic carbocycles. The smallest absolute Gasteiger partial charge is 0.318 e. The number of oxime groups is 1. The molecule has 3 nitrogen and oxygen atoms in total. The van der Waals surface area contributed by atoms with E-state index in [4.69, 9.17) is 4.84 Å². The zero-order chi connectivity index (χ0) is 11.5. The third-order valence-electron chi connectivity index (χ3n) is 5.37. The maximum absolute atomic E-state index is 11.1. The summed E-state index contributed by atoms with van der Waals surface area (Å²) >= 11 is 0. The Morgan fingerprint density at radius 3 is 2.18 bits per heavy atom. The van der Waals surface area contributed by atoms with E-state index in [2.05, 4.69) is 5.16 Å². The minimum atomic E-state index is -0.162. The van der Waals surface area contributed by atoms with Crippen molar-refractivity contribution in [3.05, 3.63) is 0 Å². The normalized spacial score (nSPS) is 47.2. The Balaban J connectivity index is 1.55. The van der Waals surface area contributed by atoms with Gasteiger partial charge in [-0.3, -0.25) is 0 Å². The van der Waals surface area contributed by atoms with Crippen molar-refractivity contribution in [3.63, 3.8) is 0 Å². The molecule has 4 bridgehead atoms. The van der Waals surface area contributed by atoms with Crippen molar-refractivity contribution in [1.29, 1.82) is 0 Å². The van der Waals surface area contributed by atoms with E-state index in [-0.39, 0.29) is 5.97 Å². The van der Waals surface area contributed by atoms with Crippen LogP contribution >= 0.6 is 0 Å². The molecule has 92 valence electrons. The number of carbonyl (C=O) groups is 1. The third kappa shape index (κ3) is 1.62. The number of rotatable bonds is 2. The molecule has 0 radical (unpaired) electrons. The van der Waals surface area contributed by atoms with Crippen LogP contribution in [-0.2, 0) is 9.63 Å². The molecule has 0 atom stereocenters. The summed E-state index contributed by atoms with van der Waals surface area (Å²) in [6.45, 7) is 0. The van der Waals surface area contributed by atoms with Crippen LogP contribution in [0.4, 0.5) is 0 Å². The van der Waals surface area contributed by atoms with Crippen molar-refractivity contribution in [1.82, 2.24) is 0 Å². The molecule has 4 aliphatic carbocycles. The van der Waals surface area contributed by atoms with E-state index in [9.17, 15) is 4.79 Å². The van der Waals surface area contributed by atoms with Gasteiger partial charge in [-0.15, -0.1) is 0 Å². The molecule has 0 aromatic rings. The Kier molecular flexibility index (Phi) is 1.98. The number of hydrogen-bond acceptors (Lipinski definition) is 3. The predicted molar refractivity (Wildman–Crippen MR) is 63.4 cm³/mol. The van der Waals surface area contributed by atoms with Crippen molar-refractivity contribution < 1.29 is 9.63 Å². The SMILES string of the molecule is O=C1CC(CC23CC4CC(CC(C4)C2)C3)=NO1. The van der Waals surface area contributed by atoms with Gasteiger partial charge in [0.1, 0.15) is 0 Å². The van der Waals surface area contributed by atoms with Crippen LogP contribution in [0.2, 0.25) is 0 Å². The highest BCUT2D eigenvalue weighted by Crippen LogP contribution is 2.61. The molecule has 4 saturated carbocycles. The average molecular weight is 233 g/mol. The van der Waals surface area contributed by atoms with Gasteiger partial charge in [0.05, 0.1) is 12.1 Å². The summed E-state index contributed by atoms with van der Waals surface area (Å²) in [4.78, 5) is 15.8. The third-order valence-corrected chi connectivity index (χ3v) is 5.37. The van der Waals surface area contributed by atoms with E-state index >= 15 is 0 Å². The Hall–Kier alpha value is -0.860. The van der Waals surface area contributed by atoms with Gasteiger partial charge in [-0.25, -0.2) is 4.79 Å². The van der Waals surface area contributed by atoms with Crippen LogP contribution in [0.15, 0.2) is 5.16 Å². The van der Waals surface area contributed by atoms with Gasteiger partial charge in [0.25, 0.3) is 0 Å². The Morgan fingerprint density at radius 1 is 1.12 bits per heavy atom. The van der Waals surface area contributed by atoms with Gasteiger partial charge in [-0.2, -0.15) is 0 Å². The number of nitrogens with zero attached hydrogens (tertiary/aromatic N) is 1. The van der Waals surface area contributed by atoms with Gasteiger partial charge >= 0.3 is 5.97 Å². The molecule has 1 aliphatic heterocycles. The molecule has 4 fully saturated rings. The average Bonchev–Trinajstić information content (AvgIpc) is 2.60. The second kappa shape index (κ2) is 3.33. The molecule has 5 aliphatic rings. The van der Waals surface area contributed by atoms with Gasteiger partial charge in [0.2, 0.25) is 0 Å². The van der Waals surface area contributed by atoms with Crippen molar-refractivity contribution in [3.8, 4) is 0 Å². The van der Waals surface area contributed by atoms with Crippen LogP contribution in [0.5, 0.6) is 0 Å². The Morgan fingerprint density at radius 2 is 1.71 bits per heavy atom. The fraction of sp³-hybridized carbons (Fsp3) is 0.857. The maximum atomic E-state index is 11.1. The highest BCUT2D eigenvalue weighted by Gasteiger charge is 2.51. The van der Waals surface area contributed by atoms with Crippen LogP contribution in [-0.4, -0.2) is 11.7 Å². The predicted octanol–water partition coefficient (Wildman–Crippen LogP) is 2.90. The van der Waals surface area contributed by atoms with E-state index < -0.39 is 0 Å². The lowest BCUT2D eigenvalue weighted by Crippen LogP contribution is -2.46. The van der Waals surface area contributed by atoms with Crippen molar-refractivity contribution in [2.45, 2.75) is 51.4 Å². The molecule has 5 rings (SSSR count). The lowest BCUT2D eigenvalue weighted by Gasteiger charge is -2.57. The molecule has 0 N–H and O–H groups in total. The van der Waals surface area contributed by atoms with Crippen LogP contribution in [0.1, 0.15) is 51.4 Å². The number of carbonyl (C=O) groups excluding carboxylic acids is 1. The van der Waals surface area contributed by atoms with Gasteiger partial charge in [-0.05, 0) is 68.1 Å². The quantitative estimate of drug-likeness (QED) is 0.688. The second-order valence-electron chi connectivity index (χ2n) is 6.89. The number of hydrogen-bond donors (Lipinski definition) is 0. The molecule has 0 amide bonds. The Bertz CT molecular complexity index is 364. The van der Waals surface area contributed by atoms with E-state index in [1.54, 1.807) is 0 Å². The molecular weight excluding hydrogens is 214 g/mol. The van der Waals surface area contributed by atoms with E-state index in [1.807, 2.05) is 0 Å². The topological polar surface area (TPSA) is 38.7 Å². The summed E-state index contributed by atoms with van der Waals surface area (Å²) in [6.07, 6.45) is 10.0. The van der Waals surface area contributed by atoms with Crippen molar-refractivity contribution in [2.75, 3.05) is 0 Å². The van der Waals surface area contributed by atoms with Crippen molar-refractivity contribution >= 4 is 11.7 Å². The van der Waals surface area contributed by atoms with Gasteiger partial charge in [0.15, 0.2) is 0 Å². The van der Waals surface area contributed by atoms with Crippen LogP contribution < -0.4 is 0 Å². The first-order valence-corrected chi connectivity index (χ1v) is 6.96. The maximum Gasteiger partial charge on any atom is 0.340 e. The first kappa shape index (κ1) is 10.1. The molecule has 0 saturated heterocycles. The first-order valence-electron chi connectivity index (χ1n) is 6.96. The van der Waals surface area contributed by atoms with Gasteiger partial charge in [-0.1, -0.05) is 5.16 Å². The molecule has 0 unspecified atom stereocenters. The summed E-state index contributed by atoms with van der Waals surface area (Å²) in [7, 11) is 0. The van der Waals surface area contributed by atoms with Crippen LogP contribution in [0, 0.1) is 23.2 Å². The zero-order valence-electron chi connectivity index (χ0n) is 10.2. The fourth-order valence-electron chi connectivity index (χ4n) is 5.38. The molecule has 3 heteroatoms. The summed E-state index contributed by atoms with van der Waals surface area (Å²) < 4.78 is 0. The fourth-order valence-corrected chi connectivity index (χ4v) is 5.38. The highest BCUT2D eigenvalue weighted by atomic mass is 16.7. The summed E-state index contributed by atoms with van der Waals surface area (Å²) in [5, 5.41) is 3.96. The molecule has 17 heavy (non-hydrogen) atoms. The summed E-state index contributed by atoms with van der Waals surface area (Å²) in [6, 6.07) is 0. The standard InChI is InChI=1S/C14H19NO2/c16-13-4-12(15-17-13)8-14-5-9-1-10(6-14)3-11(2-9)7-14/h9-11H,1-8H2. The molecular formula is C14H19NO2. The van der Waals surface area contributed by atoms with Crippen LogP contribution in [0.3, 0.4) is 0 Å². The molecule has 1 heterocycles. The monoisotopic (exact) mass is 233 g/mol.